The molecule has 0 fully saturated rings. The molecule has 0 atom stereocenters. The number of nitrogens with two attached hydrogens (primary N) is 1. The Morgan fingerprint density at radius 1 is 0.722 bits per heavy atom. The van der Waals surface area contributed by atoms with E-state index in [2.05, 4.69) is 76.9 Å². The van der Waals surface area contributed by atoms with E-state index in [0.717, 1.165) is 31.4 Å². The fraction of sp³-hybridized carbons (Fsp3) is 0.533. The molecule has 2 aromatic rings. The summed E-state index contributed by atoms with van der Waals surface area (Å²) >= 11 is 0. The van der Waals surface area contributed by atoms with Gasteiger partial charge in [-0.2, -0.15) is 5.90 Å². The third kappa shape index (κ3) is 4.52. The lowest BCUT2D eigenvalue weighted by Crippen LogP contribution is -2.41. The van der Waals surface area contributed by atoms with Gasteiger partial charge >= 0.3 is 6.09 Å². The van der Waals surface area contributed by atoms with Gasteiger partial charge in [0.1, 0.15) is 0 Å². The monoisotopic (exact) mass is 491 g/mol. The van der Waals surface area contributed by atoms with E-state index in [1.807, 2.05) is 0 Å². The highest BCUT2D eigenvalue weighted by Crippen LogP contribution is 2.56. The summed E-state index contributed by atoms with van der Waals surface area (Å²) < 4.78 is 0. The van der Waals surface area contributed by atoms with E-state index in [1.165, 1.54) is 22.3 Å². The van der Waals surface area contributed by atoms with Gasteiger partial charge in [0.25, 0.3) is 5.91 Å². The molecule has 0 unspecified atom stereocenters. The number of nitrogens with one attached hydrogen (secondary N) is 2. The fourth-order valence-electron chi connectivity index (χ4n) is 6.09. The average molecular weight is 492 g/mol. The van der Waals surface area contributed by atoms with Crippen molar-refractivity contribution in [1.82, 2.24) is 0 Å². The van der Waals surface area contributed by atoms with Gasteiger partial charge in [0.2, 0.25) is 0 Å². The van der Waals surface area contributed by atoms with E-state index in [-0.39, 0.29) is 27.6 Å². The van der Waals surface area contributed by atoms with Crippen molar-refractivity contribution in [2.75, 3.05) is 10.6 Å². The van der Waals surface area contributed by atoms with Crippen LogP contribution in [0.4, 0.5) is 16.2 Å². The molecular formula is C30H41N3O3. The average Bonchev–Trinajstić information content (AvgIpc) is 2.79. The molecular weight excluding hydrogens is 450 g/mol. The Morgan fingerprint density at radius 2 is 1.17 bits per heavy atom. The molecule has 0 aromatic heterocycles. The molecule has 36 heavy (non-hydrogen) atoms. The van der Waals surface area contributed by atoms with Gasteiger partial charge in [-0.15, -0.1) is 0 Å². The predicted molar refractivity (Wildman–Crippen MR) is 146 cm³/mol. The van der Waals surface area contributed by atoms with Crippen LogP contribution in [0.3, 0.4) is 0 Å². The summed E-state index contributed by atoms with van der Waals surface area (Å²) in [6.45, 7) is 18.6. The van der Waals surface area contributed by atoms with Crippen molar-refractivity contribution in [3.05, 3.63) is 58.1 Å². The zero-order valence-electron chi connectivity index (χ0n) is 23.0. The maximum atomic E-state index is 13.7. The number of amides is 2. The minimum Gasteiger partial charge on any atom is -0.357 e. The summed E-state index contributed by atoms with van der Waals surface area (Å²) in [6, 6.07) is 9.21. The van der Waals surface area contributed by atoms with Crippen LogP contribution in [0.15, 0.2) is 30.3 Å². The van der Waals surface area contributed by atoms with E-state index in [1.54, 1.807) is 24.3 Å². The van der Waals surface area contributed by atoms with Crippen molar-refractivity contribution in [3.63, 3.8) is 0 Å². The Labute approximate surface area is 215 Å². The lowest BCUT2D eigenvalue weighted by molar-refractivity contribution is 0.102. The molecule has 2 aliphatic carbocycles. The molecule has 6 nitrogen and oxygen atoms in total. The molecule has 0 radical (unpaired) electrons. The Balaban J connectivity index is 1.88. The van der Waals surface area contributed by atoms with Gasteiger partial charge in [0, 0.05) is 16.9 Å². The molecule has 0 saturated heterocycles. The smallest absolute Gasteiger partial charge is 0.357 e. The van der Waals surface area contributed by atoms with E-state index >= 15 is 0 Å². The second-order valence-electron chi connectivity index (χ2n) is 13.2. The van der Waals surface area contributed by atoms with Crippen LogP contribution in [0, 0.1) is 0 Å². The third-order valence-electron chi connectivity index (χ3n) is 8.63. The van der Waals surface area contributed by atoms with Crippen molar-refractivity contribution in [3.8, 4) is 0 Å². The van der Waals surface area contributed by atoms with E-state index in [0.29, 0.717) is 11.3 Å². The van der Waals surface area contributed by atoms with Crippen molar-refractivity contribution < 1.29 is 14.4 Å². The second kappa shape index (κ2) is 8.62. The molecule has 0 bridgehead atoms. The standard InChI is InChI=1S/C30H41N3O3/c1-27(2)13-15-29(5,6)22-20(27)17-21-23(30(7,8)16-14-28(21,3)4)24(22)33-25(34)18-9-11-19(12-10-18)32-26(35)36-31/h9-12,17H,13-16,31H2,1-8H3,(H,32,35)(H,33,34). The summed E-state index contributed by atoms with van der Waals surface area (Å²) in [4.78, 5) is 29.2. The normalized spacial score (nSPS) is 20.5. The van der Waals surface area contributed by atoms with Gasteiger partial charge in [-0.1, -0.05) is 61.5 Å². The van der Waals surface area contributed by atoms with E-state index in [9.17, 15) is 9.59 Å². The Kier molecular flexibility index (Phi) is 6.27. The zero-order chi connectivity index (χ0) is 26.7. The van der Waals surface area contributed by atoms with Crippen LogP contribution < -0.4 is 16.5 Å². The number of fused-ring (bicyclic) bond motifs is 2. The van der Waals surface area contributed by atoms with Gasteiger partial charge in [-0.05, 0) is 93.9 Å². The SMILES string of the molecule is CC1(C)CCC(C)(C)c2c1cc1c(c2NC(=O)c2ccc(NC(=O)ON)cc2)C(C)(C)CCC1(C)C. The van der Waals surface area contributed by atoms with Gasteiger partial charge in [0.05, 0.1) is 0 Å². The number of hydrogen-bond donors (Lipinski definition) is 3. The molecule has 4 N–H and O–H groups in total. The van der Waals surface area contributed by atoms with Gasteiger partial charge in [-0.3, -0.25) is 10.1 Å². The van der Waals surface area contributed by atoms with Crippen molar-refractivity contribution >= 4 is 23.4 Å². The molecule has 6 heteroatoms. The van der Waals surface area contributed by atoms with E-state index in [4.69, 9.17) is 5.90 Å². The topological polar surface area (TPSA) is 93.5 Å². The summed E-state index contributed by atoms with van der Waals surface area (Å²) in [6.07, 6.45) is 3.60. The van der Waals surface area contributed by atoms with Crippen LogP contribution in [0.5, 0.6) is 0 Å². The molecule has 4 rings (SSSR count). The number of anilines is 2. The third-order valence-corrected chi connectivity index (χ3v) is 8.63. The van der Waals surface area contributed by atoms with Crippen LogP contribution in [-0.2, 0) is 26.5 Å². The lowest BCUT2D eigenvalue weighted by atomic mass is 9.56. The van der Waals surface area contributed by atoms with Crippen LogP contribution in [-0.4, -0.2) is 12.0 Å². The highest BCUT2D eigenvalue weighted by molar-refractivity contribution is 6.06. The van der Waals surface area contributed by atoms with E-state index < -0.39 is 6.09 Å². The molecule has 0 aliphatic heterocycles. The molecule has 0 heterocycles. The Morgan fingerprint density at radius 3 is 1.61 bits per heavy atom. The van der Waals surface area contributed by atoms with Crippen LogP contribution in [0.1, 0.15) is 114 Å². The van der Waals surface area contributed by atoms with Crippen molar-refractivity contribution in [1.29, 1.82) is 0 Å². The quantitative estimate of drug-likeness (QED) is 0.401. The van der Waals surface area contributed by atoms with Gasteiger partial charge in [0.15, 0.2) is 0 Å². The van der Waals surface area contributed by atoms with Crippen LogP contribution in [0.2, 0.25) is 0 Å². The predicted octanol–water partition coefficient (Wildman–Crippen LogP) is 7.06. The summed E-state index contributed by atoms with van der Waals surface area (Å²) in [5.41, 5.74) is 7.24. The molecule has 2 amide bonds. The first kappa shape index (κ1) is 26.2. The van der Waals surface area contributed by atoms with Crippen molar-refractivity contribution in [2.45, 2.75) is 103 Å². The second-order valence-corrected chi connectivity index (χ2v) is 13.2. The zero-order valence-corrected chi connectivity index (χ0v) is 23.0. The lowest BCUT2D eigenvalue weighted by Gasteiger charge is -2.49. The number of hydrogen-bond acceptors (Lipinski definition) is 4. The molecule has 0 saturated carbocycles. The Bertz CT molecular complexity index is 1150. The maximum absolute atomic E-state index is 13.7. The summed E-state index contributed by atoms with van der Waals surface area (Å²) in [5.74, 6) is 4.75. The van der Waals surface area contributed by atoms with Crippen LogP contribution in [0.25, 0.3) is 0 Å². The minimum absolute atomic E-state index is 0.0297. The largest absolute Gasteiger partial charge is 0.430 e. The summed E-state index contributed by atoms with van der Waals surface area (Å²) in [7, 11) is 0. The number of benzene rings is 2. The highest BCUT2D eigenvalue weighted by atomic mass is 16.7. The maximum Gasteiger partial charge on any atom is 0.430 e. The summed E-state index contributed by atoms with van der Waals surface area (Å²) in [5, 5.41) is 5.91. The first-order valence-electron chi connectivity index (χ1n) is 12.9. The first-order chi connectivity index (χ1) is 16.6. The highest BCUT2D eigenvalue weighted by Gasteiger charge is 2.46. The minimum atomic E-state index is -0.760. The van der Waals surface area contributed by atoms with Gasteiger partial charge in [-0.25, -0.2) is 4.79 Å². The number of carbonyl (C=O) groups is 2. The number of rotatable bonds is 3. The molecule has 2 aromatic carbocycles. The molecule has 2 aliphatic rings. The number of carbonyl (C=O) groups excluding carboxylic acids is 2. The molecule has 194 valence electrons. The molecule has 0 spiro atoms. The van der Waals surface area contributed by atoms with Crippen molar-refractivity contribution in [2.24, 2.45) is 5.90 Å². The Hall–Kier alpha value is -2.86. The van der Waals surface area contributed by atoms with Gasteiger partial charge < -0.3 is 10.2 Å². The first-order valence-corrected chi connectivity index (χ1v) is 12.9. The van der Waals surface area contributed by atoms with Crippen LogP contribution >= 0.6 is 0 Å². The fourth-order valence-corrected chi connectivity index (χ4v) is 6.09.